The Labute approximate surface area is 87.9 Å². The van der Waals surface area contributed by atoms with Crippen molar-refractivity contribution in [2.75, 3.05) is 33.4 Å². The second kappa shape index (κ2) is 7.90. The molecule has 1 unspecified atom stereocenters. The van der Waals surface area contributed by atoms with Gasteiger partial charge in [-0.1, -0.05) is 6.92 Å². The molecule has 0 aromatic heterocycles. The Hall–Kier alpha value is -0.330. The van der Waals surface area contributed by atoms with Crippen LogP contribution >= 0.6 is 0 Å². The zero-order valence-corrected chi connectivity index (χ0v) is 9.06. The van der Waals surface area contributed by atoms with Gasteiger partial charge in [0, 0.05) is 13.7 Å². The minimum Gasteiger partial charge on any atom is -0.382 e. The minimum atomic E-state index is -4.28. The molecule has 0 rings (SSSR count). The number of hydrogen-bond acceptors (Lipinski definition) is 3. The van der Waals surface area contributed by atoms with Crippen LogP contribution in [0.1, 0.15) is 13.3 Å². The summed E-state index contributed by atoms with van der Waals surface area (Å²) in [6.07, 6.45) is -3.90. The molecule has 0 heterocycles. The van der Waals surface area contributed by atoms with Crippen LogP contribution in [0.5, 0.6) is 0 Å². The summed E-state index contributed by atoms with van der Waals surface area (Å²) in [5.74, 6) is 0. The van der Waals surface area contributed by atoms with Crippen LogP contribution in [-0.2, 0) is 9.47 Å². The lowest BCUT2D eigenvalue weighted by Crippen LogP contribution is -2.35. The summed E-state index contributed by atoms with van der Waals surface area (Å²) in [6.45, 7) is 2.05. The molecule has 0 aliphatic carbocycles. The molecule has 0 fully saturated rings. The van der Waals surface area contributed by atoms with Crippen LogP contribution in [0.15, 0.2) is 0 Å². The molecule has 0 aromatic carbocycles. The second-order valence-corrected chi connectivity index (χ2v) is 3.21. The van der Waals surface area contributed by atoms with E-state index in [2.05, 4.69) is 10.1 Å². The van der Waals surface area contributed by atoms with Gasteiger partial charge in [0.2, 0.25) is 0 Å². The maximum Gasteiger partial charge on any atom is 0.411 e. The van der Waals surface area contributed by atoms with Crippen molar-refractivity contribution in [3.63, 3.8) is 0 Å². The highest BCUT2D eigenvalue weighted by molar-refractivity contribution is 4.62. The molecule has 0 saturated heterocycles. The molecule has 0 spiro atoms. The molecule has 0 radical (unpaired) electrons. The van der Waals surface area contributed by atoms with Crippen LogP contribution in [0.4, 0.5) is 13.2 Å². The summed E-state index contributed by atoms with van der Waals surface area (Å²) in [6, 6.07) is 0. The summed E-state index contributed by atoms with van der Waals surface area (Å²) in [4.78, 5) is 0. The maximum absolute atomic E-state index is 11.9. The molecule has 15 heavy (non-hydrogen) atoms. The van der Waals surface area contributed by atoms with E-state index in [0.717, 1.165) is 13.0 Å². The van der Waals surface area contributed by atoms with Crippen molar-refractivity contribution in [2.24, 2.45) is 0 Å². The Kier molecular flexibility index (Phi) is 7.72. The average molecular weight is 229 g/mol. The monoisotopic (exact) mass is 229 g/mol. The number of alkyl halides is 3. The van der Waals surface area contributed by atoms with Crippen molar-refractivity contribution in [2.45, 2.75) is 25.6 Å². The van der Waals surface area contributed by atoms with Gasteiger partial charge < -0.3 is 14.8 Å². The fourth-order valence-electron chi connectivity index (χ4n) is 1.00. The van der Waals surface area contributed by atoms with E-state index in [1.165, 1.54) is 7.11 Å². The molecule has 1 N–H and O–H groups in total. The lowest BCUT2D eigenvalue weighted by molar-refractivity contribution is -0.188. The molecule has 0 saturated carbocycles. The molecule has 0 aliphatic rings. The first-order chi connectivity index (χ1) is 6.99. The quantitative estimate of drug-likeness (QED) is 0.641. The first-order valence-corrected chi connectivity index (χ1v) is 4.87. The summed E-state index contributed by atoms with van der Waals surface area (Å²) in [7, 11) is 1.43. The molecule has 6 heteroatoms. The Bertz CT molecular complexity index is 153. The molecule has 3 nitrogen and oxygen atoms in total. The maximum atomic E-state index is 11.9. The van der Waals surface area contributed by atoms with Gasteiger partial charge >= 0.3 is 6.18 Å². The van der Waals surface area contributed by atoms with Crippen molar-refractivity contribution in [3.8, 4) is 0 Å². The number of nitrogens with one attached hydrogen (secondary N) is 1. The van der Waals surface area contributed by atoms with Gasteiger partial charge in [0.05, 0.1) is 12.7 Å². The highest BCUT2D eigenvalue weighted by Gasteiger charge is 2.29. The molecular formula is C9H18F3NO2. The van der Waals surface area contributed by atoms with E-state index in [9.17, 15) is 13.2 Å². The van der Waals surface area contributed by atoms with E-state index >= 15 is 0 Å². The molecule has 0 aromatic rings. The van der Waals surface area contributed by atoms with E-state index in [-0.39, 0.29) is 6.61 Å². The van der Waals surface area contributed by atoms with Gasteiger partial charge in [-0.2, -0.15) is 13.2 Å². The van der Waals surface area contributed by atoms with Crippen LogP contribution in [0.25, 0.3) is 0 Å². The topological polar surface area (TPSA) is 30.5 Å². The standard InChI is InChI=1S/C9H18F3NO2/c1-3-4-13-5-8(6-14-2)15-7-9(10,11)12/h8,13H,3-7H2,1-2H3. The SMILES string of the molecule is CCCNCC(COC)OCC(F)(F)F. The predicted molar refractivity (Wildman–Crippen MR) is 50.8 cm³/mol. The number of methoxy groups -OCH3 is 1. The normalized spacial score (nSPS) is 14.2. The fraction of sp³-hybridized carbons (Fsp3) is 1.00. The van der Waals surface area contributed by atoms with E-state index in [1.807, 2.05) is 6.92 Å². The fourth-order valence-corrected chi connectivity index (χ4v) is 1.00. The van der Waals surface area contributed by atoms with E-state index in [0.29, 0.717) is 6.54 Å². The van der Waals surface area contributed by atoms with Crippen molar-refractivity contribution in [3.05, 3.63) is 0 Å². The van der Waals surface area contributed by atoms with E-state index in [1.54, 1.807) is 0 Å². The van der Waals surface area contributed by atoms with Gasteiger partial charge in [-0.05, 0) is 13.0 Å². The second-order valence-electron chi connectivity index (χ2n) is 3.21. The zero-order valence-electron chi connectivity index (χ0n) is 9.06. The third-order valence-corrected chi connectivity index (χ3v) is 1.63. The Morgan fingerprint density at radius 3 is 2.47 bits per heavy atom. The first kappa shape index (κ1) is 14.7. The number of hydrogen-bond donors (Lipinski definition) is 1. The highest BCUT2D eigenvalue weighted by Crippen LogP contribution is 2.15. The molecule has 0 aliphatic heterocycles. The van der Waals surface area contributed by atoms with E-state index < -0.39 is 18.9 Å². The third kappa shape index (κ3) is 9.96. The number of ether oxygens (including phenoxy) is 2. The van der Waals surface area contributed by atoms with Crippen LogP contribution in [-0.4, -0.2) is 45.7 Å². The lowest BCUT2D eigenvalue weighted by atomic mass is 10.3. The molecule has 1 atom stereocenters. The van der Waals surface area contributed by atoms with Crippen LogP contribution in [0.3, 0.4) is 0 Å². The third-order valence-electron chi connectivity index (χ3n) is 1.63. The van der Waals surface area contributed by atoms with Gasteiger partial charge in [0.15, 0.2) is 0 Å². The minimum absolute atomic E-state index is 0.160. The molecule has 0 amide bonds. The van der Waals surface area contributed by atoms with Crippen molar-refractivity contribution in [1.82, 2.24) is 5.32 Å². The summed E-state index contributed by atoms with van der Waals surface area (Å²) in [5, 5.41) is 2.98. The van der Waals surface area contributed by atoms with E-state index in [4.69, 9.17) is 4.74 Å². The highest BCUT2D eigenvalue weighted by atomic mass is 19.4. The Morgan fingerprint density at radius 1 is 1.33 bits per heavy atom. The number of rotatable bonds is 8. The number of halogens is 3. The predicted octanol–water partition coefficient (Wildman–Crippen LogP) is 1.58. The Balaban J connectivity index is 3.72. The zero-order chi connectivity index (χ0) is 11.7. The van der Waals surface area contributed by atoms with Gasteiger partial charge in [-0.25, -0.2) is 0 Å². The lowest BCUT2D eigenvalue weighted by Gasteiger charge is -2.18. The van der Waals surface area contributed by atoms with Crippen molar-refractivity contribution < 1.29 is 22.6 Å². The average Bonchev–Trinajstić information content (AvgIpc) is 2.13. The van der Waals surface area contributed by atoms with Crippen LogP contribution in [0.2, 0.25) is 0 Å². The van der Waals surface area contributed by atoms with Gasteiger partial charge in [-0.3, -0.25) is 0 Å². The summed E-state index contributed by atoms with van der Waals surface area (Å²) < 4.78 is 45.0. The van der Waals surface area contributed by atoms with Gasteiger partial charge in [-0.15, -0.1) is 0 Å². The van der Waals surface area contributed by atoms with Crippen molar-refractivity contribution >= 4 is 0 Å². The van der Waals surface area contributed by atoms with Gasteiger partial charge in [0.1, 0.15) is 6.61 Å². The first-order valence-electron chi connectivity index (χ1n) is 4.87. The Morgan fingerprint density at radius 2 is 2.00 bits per heavy atom. The molecular weight excluding hydrogens is 211 g/mol. The summed E-state index contributed by atoms with van der Waals surface area (Å²) >= 11 is 0. The molecule has 92 valence electrons. The largest absolute Gasteiger partial charge is 0.411 e. The van der Waals surface area contributed by atoms with Crippen LogP contribution in [0, 0.1) is 0 Å². The van der Waals surface area contributed by atoms with Crippen molar-refractivity contribution in [1.29, 1.82) is 0 Å². The van der Waals surface area contributed by atoms with Gasteiger partial charge in [0.25, 0.3) is 0 Å². The smallest absolute Gasteiger partial charge is 0.382 e. The molecule has 0 bridgehead atoms. The summed E-state index contributed by atoms with van der Waals surface area (Å²) in [5.41, 5.74) is 0. The van der Waals surface area contributed by atoms with Crippen LogP contribution < -0.4 is 5.32 Å².